The minimum absolute atomic E-state index is 0.194. The van der Waals surface area contributed by atoms with Crippen LogP contribution in [0.2, 0.25) is 0 Å². The Labute approximate surface area is 118 Å². The zero-order valence-electron chi connectivity index (χ0n) is 11.7. The highest BCUT2D eigenvalue weighted by atomic mass is 16.6. The van der Waals surface area contributed by atoms with E-state index in [0.29, 0.717) is 0 Å². The van der Waals surface area contributed by atoms with Crippen LogP contribution in [0.5, 0.6) is 11.5 Å². The summed E-state index contributed by atoms with van der Waals surface area (Å²) in [6, 6.07) is 15.1. The standard InChI is InChI=1S/C17H18O3/c1-17(2,16-11-19-16)20-15-9-5-13(6-10-15)12-3-7-14(18)8-4-12/h3-10,16,18H,11H2,1-2H3. The fourth-order valence-electron chi connectivity index (χ4n) is 2.19. The Bertz CT molecular complexity index is 581. The largest absolute Gasteiger partial charge is 0.508 e. The lowest BCUT2D eigenvalue weighted by Gasteiger charge is -2.24. The van der Waals surface area contributed by atoms with Crippen LogP contribution in [0.25, 0.3) is 11.1 Å². The Kier molecular flexibility index (Phi) is 3.14. The second-order valence-electron chi connectivity index (χ2n) is 5.60. The van der Waals surface area contributed by atoms with Crippen molar-refractivity contribution in [3.63, 3.8) is 0 Å². The molecule has 3 rings (SSSR count). The molecule has 1 heterocycles. The van der Waals surface area contributed by atoms with Crippen molar-refractivity contribution >= 4 is 0 Å². The van der Waals surface area contributed by atoms with Crippen molar-refractivity contribution in [2.45, 2.75) is 25.6 Å². The monoisotopic (exact) mass is 270 g/mol. The molecule has 0 radical (unpaired) electrons. The summed E-state index contributed by atoms with van der Waals surface area (Å²) < 4.78 is 11.3. The van der Waals surface area contributed by atoms with Gasteiger partial charge in [0.25, 0.3) is 0 Å². The van der Waals surface area contributed by atoms with Crippen LogP contribution in [0.4, 0.5) is 0 Å². The Hall–Kier alpha value is -2.00. The Morgan fingerprint density at radius 1 is 1.00 bits per heavy atom. The van der Waals surface area contributed by atoms with Gasteiger partial charge in [-0.25, -0.2) is 0 Å². The second-order valence-corrected chi connectivity index (χ2v) is 5.60. The number of benzene rings is 2. The number of aromatic hydroxyl groups is 1. The lowest BCUT2D eigenvalue weighted by molar-refractivity contribution is 0.0744. The molecule has 3 heteroatoms. The zero-order chi connectivity index (χ0) is 14.2. The molecular weight excluding hydrogens is 252 g/mol. The van der Waals surface area contributed by atoms with Gasteiger partial charge in [-0.3, -0.25) is 0 Å². The molecule has 0 aliphatic carbocycles. The van der Waals surface area contributed by atoms with E-state index in [2.05, 4.69) is 0 Å². The zero-order valence-corrected chi connectivity index (χ0v) is 11.7. The van der Waals surface area contributed by atoms with E-state index in [-0.39, 0.29) is 17.5 Å². The van der Waals surface area contributed by atoms with Crippen molar-refractivity contribution in [1.29, 1.82) is 0 Å². The third-order valence-electron chi connectivity index (χ3n) is 3.54. The van der Waals surface area contributed by atoms with Crippen LogP contribution in [0, 0.1) is 0 Å². The molecule has 2 aromatic rings. The number of ether oxygens (including phenoxy) is 2. The van der Waals surface area contributed by atoms with Crippen molar-refractivity contribution in [2.24, 2.45) is 0 Å². The lowest BCUT2D eigenvalue weighted by atomic mass is 10.0. The van der Waals surface area contributed by atoms with E-state index < -0.39 is 0 Å². The molecule has 1 unspecified atom stereocenters. The molecule has 0 amide bonds. The number of phenols is 1. The molecule has 1 saturated heterocycles. The van der Waals surface area contributed by atoms with Crippen LogP contribution < -0.4 is 4.74 Å². The van der Waals surface area contributed by atoms with E-state index in [9.17, 15) is 5.11 Å². The summed E-state index contributed by atoms with van der Waals surface area (Å²) >= 11 is 0. The van der Waals surface area contributed by atoms with Gasteiger partial charge in [0, 0.05) is 0 Å². The van der Waals surface area contributed by atoms with Crippen molar-refractivity contribution < 1.29 is 14.6 Å². The highest BCUT2D eigenvalue weighted by Gasteiger charge is 2.41. The minimum Gasteiger partial charge on any atom is -0.508 e. The van der Waals surface area contributed by atoms with Gasteiger partial charge in [-0.15, -0.1) is 0 Å². The Balaban J connectivity index is 1.75. The number of rotatable bonds is 4. The first-order chi connectivity index (χ1) is 9.54. The quantitative estimate of drug-likeness (QED) is 0.863. The molecule has 2 aromatic carbocycles. The molecule has 0 aromatic heterocycles. The van der Waals surface area contributed by atoms with Crippen LogP contribution in [0.1, 0.15) is 13.8 Å². The smallest absolute Gasteiger partial charge is 0.132 e. The minimum atomic E-state index is -0.292. The summed E-state index contributed by atoms with van der Waals surface area (Å²) in [5.41, 5.74) is 1.87. The molecule has 1 aliphatic rings. The number of hydrogen-bond donors (Lipinski definition) is 1. The van der Waals surface area contributed by atoms with Crippen molar-refractivity contribution in [3.05, 3.63) is 48.5 Å². The van der Waals surface area contributed by atoms with Gasteiger partial charge in [0.05, 0.1) is 6.61 Å². The van der Waals surface area contributed by atoms with Gasteiger partial charge in [0.1, 0.15) is 23.2 Å². The first-order valence-corrected chi connectivity index (χ1v) is 6.75. The van der Waals surface area contributed by atoms with Gasteiger partial charge in [-0.05, 0) is 49.2 Å². The molecule has 1 N–H and O–H groups in total. The first-order valence-electron chi connectivity index (χ1n) is 6.75. The molecule has 1 fully saturated rings. The number of phenolic OH excluding ortho intramolecular Hbond substituents is 1. The van der Waals surface area contributed by atoms with Crippen LogP contribution >= 0.6 is 0 Å². The van der Waals surface area contributed by atoms with E-state index in [1.54, 1.807) is 12.1 Å². The normalized spacial score (nSPS) is 17.8. The molecule has 1 atom stereocenters. The van der Waals surface area contributed by atoms with Crippen LogP contribution in [-0.2, 0) is 4.74 Å². The van der Waals surface area contributed by atoms with Gasteiger partial charge in [-0.1, -0.05) is 24.3 Å². The maximum absolute atomic E-state index is 9.30. The van der Waals surface area contributed by atoms with Crippen LogP contribution in [-0.4, -0.2) is 23.4 Å². The third-order valence-corrected chi connectivity index (χ3v) is 3.54. The summed E-state index contributed by atoms with van der Waals surface area (Å²) in [7, 11) is 0. The predicted octanol–water partition coefficient (Wildman–Crippen LogP) is 3.62. The van der Waals surface area contributed by atoms with Crippen molar-refractivity contribution in [2.75, 3.05) is 6.61 Å². The number of hydrogen-bond acceptors (Lipinski definition) is 3. The molecule has 1 aliphatic heterocycles. The summed E-state index contributed by atoms with van der Waals surface area (Å²) in [6.07, 6.45) is 0.194. The average Bonchev–Trinajstić information content (AvgIpc) is 3.25. The van der Waals surface area contributed by atoms with Gasteiger partial charge < -0.3 is 14.6 Å². The van der Waals surface area contributed by atoms with E-state index in [1.807, 2.05) is 50.2 Å². The summed E-state index contributed by atoms with van der Waals surface area (Å²) in [6.45, 7) is 4.86. The maximum Gasteiger partial charge on any atom is 0.132 e. The Morgan fingerprint density at radius 3 is 2.00 bits per heavy atom. The second kappa shape index (κ2) is 4.84. The molecule has 104 valence electrons. The molecule has 3 nitrogen and oxygen atoms in total. The fourth-order valence-corrected chi connectivity index (χ4v) is 2.19. The van der Waals surface area contributed by atoms with Gasteiger partial charge in [-0.2, -0.15) is 0 Å². The topological polar surface area (TPSA) is 42.0 Å². The molecule has 20 heavy (non-hydrogen) atoms. The third kappa shape index (κ3) is 2.78. The van der Waals surface area contributed by atoms with Gasteiger partial charge in [0.2, 0.25) is 0 Å². The summed E-state index contributed by atoms with van der Waals surface area (Å²) in [4.78, 5) is 0. The summed E-state index contributed by atoms with van der Waals surface area (Å²) in [5, 5.41) is 9.30. The number of epoxide rings is 1. The first kappa shape index (κ1) is 13.0. The highest BCUT2D eigenvalue weighted by Crippen LogP contribution is 2.31. The molecular formula is C17H18O3. The van der Waals surface area contributed by atoms with Crippen LogP contribution in [0.3, 0.4) is 0 Å². The van der Waals surface area contributed by atoms with E-state index in [0.717, 1.165) is 23.5 Å². The molecule has 0 bridgehead atoms. The van der Waals surface area contributed by atoms with Crippen molar-refractivity contribution in [3.8, 4) is 22.6 Å². The SMILES string of the molecule is CC(C)(Oc1ccc(-c2ccc(O)cc2)cc1)C1CO1. The predicted molar refractivity (Wildman–Crippen MR) is 78.0 cm³/mol. The van der Waals surface area contributed by atoms with Gasteiger partial charge >= 0.3 is 0 Å². The lowest BCUT2D eigenvalue weighted by Crippen LogP contribution is -2.34. The van der Waals surface area contributed by atoms with Gasteiger partial charge in [0.15, 0.2) is 0 Å². The maximum atomic E-state index is 9.30. The van der Waals surface area contributed by atoms with E-state index in [4.69, 9.17) is 9.47 Å². The van der Waals surface area contributed by atoms with E-state index >= 15 is 0 Å². The highest BCUT2D eigenvalue weighted by molar-refractivity contribution is 5.64. The average molecular weight is 270 g/mol. The molecule has 0 saturated carbocycles. The Morgan fingerprint density at radius 2 is 1.50 bits per heavy atom. The van der Waals surface area contributed by atoms with Crippen molar-refractivity contribution in [1.82, 2.24) is 0 Å². The molecule has 0 spiro atoms. The van der Waals surface area contributed by atoms with E-state index in [1.165, 1.54) is 0 Å². The fraction of sp³-hybridized carbons (Fsp3) is 0.294. The summed E-state index contributed by atoms with van der Waals surface area (Å²) in [5.74, 6) is 1.12. The van der Waals surface area contributed by atoms with Crippen LogP contribution in [0.15, 0.2) is 48.5 Å².